The molecule has 0 bridgehead atoms. The number of hydrogen-bond donors (Lipinski definition) is 1. The summed E-state index contributed by atoms with van der Waals surface area (Å²) in [5.41, 5.74) is -0.137. The Morgan fingerprint density at radius 3 is 2.44 bits per heavy atom. The van der Waals surface area contributed by atoms with Crippen molar-refractivity contribution in [3.63, 3.8) is 0 Å². The average molecular weight is 358 g/mol. The van der Waals surface area contributed by atoms with E-state index in [0.29, 0.717) is 5.69 Å². The van der Waals surface area contributed by atoms with E-state index in [1.165, 1.54) is 13.2 Å². The maximum Gasteiger partial charge on any atom is 0.416 e. The van der Waals surface area contributed by atoms with Gasteiger partial charge in [0, 0.05) is 19.5 Å². The van der Waals surface area contributed by atoms with Gasteiger partial charge in [-0.25, -0.2) is 0 Å². The topological polar surface area (TPSA) is 58.6 Å². The predicted octanol–water partition coefficient (Wildman–Crippen LogP) is 3.59. The second-order valence-electron chi connectivity index (χ2n) is 5.90. The number of benzene rings is 1. The standard InChI is InChI=1S/C17H21F3N2O3/c1-25-16(24)8-7-15(23)21-13-11-12(17(18,19)20)5-6-14(13)22-9-3-2-4-10-22/h5-6,11H,2-4,7-10H2,1H3,(H,21,23). The highest BCUT2D eigenvalue weighted by Gasteiger charge is 2.31. The zero-order chi connectivity index (χ0) is 18.4. The normalized spacial score (nSPS) is 15.0. The number of alkyl halides is 3. The molecule has 0 saturated carbocycles. The second-order valence-corrected chi connectivity index (χ2v) is 5.90. The SMILES string of the molecule is COC(=O)CCC(=O)Nc1cc(C(F)(F)F)ccc1N1CCCCC1. The lowest BCUT2D eigenvalue weighted by Crippen LogP contribution is -2.30. The van der Waals surface area contributed by atoms with E-state index in [2.05, 4.69) is 10.1 Å². The van der Waals surface area contributed by atoms with Gasteiger partial charge in [0.25, 0.3) is 0 Å². The van der Waals surface area contributed by atoms with Gasteiger partial charge >= 0.3 is 12.1 Å². The summed E-state index contributed by atoms with van der Waals surface area (Å²) < 4.78 is 43.4. The number of methoxy groups -OCH3 is 1. The van der Waals surface area contributed by atoms with Crippen molar-refractivity contribution in [1.82, 2.24) is 0 Å². The molecule has 1 amide bonds. The molecule has 5 nitrogen and oxygen atoms in total. The number of ether oxygens (including phenoxy) is 1. The molecule has 0 spiro atoms. The highest BCUT2D eigenvalue weighted by molar-refractivity contribution is 5.96. The summed E-state index contributed by atoms with van der Waals surface area (Å²) in [7, 11) is 1.21. The summed E-state index contributed by atoms with van der Waals surface area (Å²) in [6.07, 6.45) is -1.78. The zero-order valence-electron chi connectivity index (χ0n) is 14.0. The van der Waals surface area contributed by atoms with Gasteiger partial charge in [-0.15, -0.1) is 0 Å². The summed E-state index contributed by atoms with van der Waals surface area (Å²) >= 11 is 0. The first-order chi connectivity index (χ1) is 11.8. The first-order valence-electron chi connectivity index (χ1n) is 8.14. The van der Waals surface area contributed by atoms with Gasteiger partial charge in [-0.2, -0.15) is 13.2 Å². The molecule has 138 valence electrons. The molecular formula is C17H21F3N2O3. The molecule has 0 aromatic heterocycles. The van der Waals surface area contributed by atoms with Gasteiger partial charge < -0.3 is 15.0 Å². The largest absolute Gasteiger partial charge is 0.469 e. The van der Waals surface area contributed by atoms with E-state index < -0.39 is 23.6 Å². The second kappa shape index (κ2) is 8.22. The molecule has 0 unspecified atom stereocenters. The summed E-state index contributed by atoms with van der Waals surface area (Å²) in [6.45, 7) is 1.47. The van der Waals surface area contributed by atoms with Crippen molar-refractivity contribution in [1.29, 1.82) is 0 Å². The fraction of sp³-hybridized carbons (Fsp3) is 0.529. The Morgan fingerprint density at radius 1 is 1.16 bits per heavy atom. The van der Waals surface area contributed by atoms with Crippen molar-refractivity contribution in [2.24, 2.45) is 0 Å². The number of carbonyl (C=O) groups is 2. The van der Waals surface area contributed by atoms with Crippen molar-refractivity contribution in [3.05, 3.63) is 23.8 Å². The van der Waals surface area contributed by atoms with Gasteiger partial charge in [0.1, 0.15) is 0 Å². The molecule has 1 heterocycles. The molecule has 0 atom stereocenters. The minimum absolute atomic E-state index is 0.117. The third-order valence-corrected chi connectivity index (χ3v) is 4.08. The van der Waals surface area contributed by atoms with E-state index >= 15 is 0 Å². The Balaban J connectivity index is 2.21. The minimum Gasteiger partial charge on any atom is -0.469 e. The van der Waals surface area contributed by atoms with Crippen LogP contribution in [-0.4, -0.2) is 32.1 Å². The van der Waals surface area contributed by atoms with Crippen LogP contribution >= 0.6 is 0 Å². The molecule has 1 aliphatic heterocycles. The summed E-state index contributed by atoms with van der Waals surface area (Å²) in [6, 6.07) is 3.36. The summed E-state index contributed by atoms with van der Waals surface area (Å²) in [5, 5.41) is 2.51. The molecule has 1 aromatic carbocycles. The summed E-state index contributed by atoms with van der Waals surface area (Å²) in [4.78, 5) is 25.1. The molecule has 1 aromatic rings. The van der Waals surface area contributed by atoms with E-state index in [1.807, 2.05) is 4.90 Å². The van der Waals surface area contributed by atoms with Crippen molar-refractivity contribution in [3.8, 4) is 0 Å². The lowest BCUT2D eigenvalue weighted by Gasteiger charge is -2.31. The number of amides is 1. The highest BCUT2D eigenvalue weighted by atomic mass is 19.4. The third-order valence-electron chi connectivity index (χ3n) is 4.08. The molecular weight excluding hydrogens is 337 g/mol. The number of halogens is 3. The summed E-state index contributed by atoms with van der Waals surface area (Å²) in [5.74, 6) is -1.07. The van der Waals surface area contributed by atoms with Crippen LogP contribution in [0, 0.1) is 0 Å². The van der Waals surface area contributed by atoms with E-state index in [9.17, 15) is 22.8 Å². The van der Waals surface area contributed by atoms with Crippen LogP contribution in [0.25, 0.3) is 0 Å². The van der Waals surface area contributed by atoms with Gasteiger partial charge in [0.15, 0.2) is 0 Å². The van der Waals surface area contributed by atoms with Crippen molar-refractivity contribution < 1.29 is 27.5 Å². The minimum atomic E-state index is -4.49. The van der Waals surface area contributed by atoms with E-state index in [1.54, 1.807) is 0 Å². The fourth-order valence-electron chi connectivity index (χ4n) is 2.75. The molecule has 8 heteroatoms. The quantitative estimate of drug-likeness (QED) is 0.818. The predicted molar refractivity (Wildman–Crippen MR) is 87.4 cm³/mol. The molecule has 0 aliphatic carbocycles. The van der Waals surface area contributed by atoms with Gasteiger partial charge in [-0.05, 0) is 37.5 Å². The van der Waals surface area contributed by atoms with Crippen LogP contribution in [0.4, 0.5) is 24.5 Å². The van der Waals surface area contributed by atoms with Crippen LogP contribution in [-0.2, 0) is 20.5 Å². The molecule has 1 aliphatic rings. The first kappa shape index (κ1) is 19.1. The maximum atomic E-state index is 13.0. The number of nitrogens with one attached hydrogen (secondary N) is 1. The van der Waals surface area contributed by atoms with Crippen LogP contribution in [0.2, 0.25) is 0 Å². The average Bonchev–Trinajstić information content (AvgIpc) is 2.59. The number of esters is 1. The van der Waals surface area contributed by atoms with Gasteiger partial charge in [0.05, 0.1) is 30.5 Å². The molecule has 1 fully saturated rings. The van der Waals surface area contributed by atoms with Crippen LogP contribution in [0.1, 0.15) is 37.7 Å². The number of nitrogens with zero attached hydrogens (tertiary/aromatic N) is 1. The van der Waals surface area contributed by atoms with Crippen molar-refractivity contribution in [2.45, 2.75) is 38.3 Å². The number of hydrogen-bond acceptors (Lipinski definition) is 4. The van der Waals surface area contributed by atoms with Gasteiger partial charge in [-0.1, -0.05) is 0 Å². The van der Waals surface area contributed by atoms with Crippen molar-refractivity contribution in [2.75, 3.05) is 30.4 Å². The van der Waals surface area contributed by atoms with Crippen LogP contribution < -0.4 is 10.2 Å². The molecule has 1 saturated heterocycles. The fourth-order valence-corrected chi connectivity index (χ4v) is 2.75. The van der Waals surface area contributed by atoms with E-state index in [4.69, 9.17) is 0 Å². The molecule has 2 rings (SSSR count). The Labute approximate surface area is 144 Å². The Morgan fingerprint density at radius 2 is 1.84 bits per heavy atom. The third kappa shape index (κ3) is 5.37. The molecule has 1 N–H and O–H groups in total. The Hall–Kier alpha value is -2.25. The highest BCUT2D eigenvalue weighted by Crippen LogP contribution is 2.36. The Kier molecular flexibility index (Phi) is 6.27. The van der Waals surface area contributed by atoms with Gasteiger partial charge in [-0.3, -0.25) is 9.59 Å². The number of rotatable bonds is 5. The molecule has 25 heavy (non-hydrogen) atoms. The number of carbonyl (C=O) groups excluding carboxylic acids is 2. The Bertz CT molecular complexity index is 626. The smallest absolute Gasteiger partial charge is 0.416 e. The van der Waals surface area contributed by atoms with Crippen LogP contribution in [0.5, 0.6) is 0 Å². The van der Waals surface area contributed by atoms with E-state index in [0.717, 1.165) is 44.5 Å². The van der Waals surface area contributed by atoms with E-state index in [-0.39, 0.29) is 18.5 Å². The van der Waals surface area contributed by atoms with Crippen molar-refractivity contribution >= 4 is 23.3 Å². The van der Waals surface area contributed by atoms with Crippen LogP contribution in [0.15, 0.2) is 18.2 Å². The first-order valence-corrected chi connectivity index (χ1v) is 8.14. The monoisotopic (exact) mass is 358 g/mol. The number of piperidine rings is 1. The number of anilines is 2. The zero-order valence-corrected chi connectivity index (χ0v) is 14.0. The molecule has 0 radical (unpaired) electrons. The van der Waals surface area contributed by atoms with Crippen LogP contribution in [0.3, 0.4) is 0 Å². The maximum absolute atomic E-state index is 13.0. The van der Waals surface area contributed by atoms with Gasteiger partial charge in [0.2, 0.25) is 5.91 Å². The lowest BCUT2D eigenvalue weighted by molar-refractivity contribution is -0.141. The lowest BCUT2D eigenvalue weighted by atomic mass is 10.1.